The molecular formula is C26H32O6. The van der Waals surface area contributed by atoms with Gasteiger partial charge in [-0.25, -0.2) is 9.59 Å². The minimum Gasteiger partial charge on any atom is -0.289 e. The standard InChI is InChI=1S/C26H32O6/c1-7-19(6)16-24(29-31-25(27)22-12-8-20(9-13-22)17(2)3)30-32-26(28)23-14-10-21(11-15-23)18(4)5/h8-15,17-19H,1,7,16H2,2-6H3. The third-order valence-electron chi connectivity index (χ3n) is 5.05. The van der Waals surface area contributed by atoms with Crippen LogP contribution in [0.15, 0.2) is 48.5 Å². The Hall–Kier alpha value is -2.70. The minimum absolute atomic E-state index is 0.0538. The average molecular weight is 441 g/mol. The van der Waals surface area contributed by atoms with E-state index in [1.165, 1.54) is 0 Å². The van der Waals surface area contributed by atoms with Crippen molar-refractivity contribution in [1.82, 2.24) is 0 Å². The van der Waals surface area contributed by atoms with Crippen molar-refractivity contribution in [2.24, 2.45) is 5.92 Å². The van der Waals surface area contributed by atoms with Gasteiger partial charge in [-0.15, -0.1) is 9.78 Å². The zero-order chi connectivity index (χ0) is 23.7. The van der Waals surface area contributed by atoms with Gasteiger partial charge in [0.2, 0.25) is 0 Å². The predicted molar refractivity (Wildman–Crippen MR) is 121 cm³/mol. The molecule has 0 bridgehead atoms. The Morgan fingerprint density at radius 2 is 1.06 bits per heavy atom. The minimum atomic E-state index is -0.681. The van der Waals surface area contributed by atoms with Crippen LogP contribution in [-0.4, -0.2) is 11.9 Å². The maximum atomic E-state index is 12.3. The van der Waals surface area contributed by atoms with Gasteiger partial charge >= 0.3 is 18.2 Å². The molecule has 6 heteroatoms. The van der Waals surface area contributed by atoms with E-state index in [-0.39, 0.29) is 18.6 Å². The fraction of sp³-hybridized carbons (Fsp3) is 0.385. The quantitative estimate of drug-likeness (QED) is 0.291. The lowest BCUT2D eigenvalue weighted by molar-refractivity contribution is -0.365. The summed E-state index contributed by atoms with van der Waals surface area (Å²) < 4.78 is 0. The van der Waals surface area contributed by atoms with Gasteiger partial charge in [-0.3, -0.25) is 9.78 Å². The van der Waals surface area contributed by atoms with Gasteiger partial charge in [0.1, 0.15) is 0 Å². The van der Waals surface area contributed by atoms with E-state index in [4.69, 9.17) is 19.6 Å². The lowest BCUT2D eigenvalue weighted by Gasteiger charge is -2.16. The van der Waals surface area contributed by atoms with Gasteiger partial charge in [0.15, 0.2) is 0 Å². The van der Waals surface area contributed by atoms with Crippen molar-refractivity contribution in [2.75, 3.05) is 0 Å². The number of hydrogen-bond donors (Lipinski definition) is 0. The Kier molecular flexibility index (Phi) is 9.88. The molecule has 0 saturated carbocycles. The summed E-state index contributed by atoms with van der Waals surface area (Å²) in [4.78, 5) is 44.6. The molecule has 0 aromatic heterocycles. The van der Waals surface area contributed by atoms with Crippen LogP contribution in [-0.2, 0) is 19.6 Å². The van der Waals surface area contributed by atoms with Gasteiger partial charge in [-0.1, -0.05) is 72.2 Å². The van der Waals surface area contributed by atoms with Crippen LogP contribution in [0.3, 0.4) is 0 Å². The SMILES string of the molecule is [CH2]CC(C)C[C](OOC(=O)c1ccc(C(C)C)cc1)OOC(=O)c1ccc(C(C)C)cc1. The topological polar surface area (TPSA) is 71.1 Å². The molecule has 32 heavy (non-hydrogen) atoms. The summed E-state index contributed by atoms with van der Waals surface area (Å²) in [5.41, 5.74) is 2.88. The van der Waals surface area contributed by atoms with E-state index in [0.29, 0.717) is 29.4 Å². The molecule has 0 heterocycles. The van der Waals surface area contributed by atoms with Gasteiger partial charge in [0.05, 0.1) is 11.1 Å². The summed E-state index contributed by atoms with van der Waals surface area (Å²) in [5, 5.41) is 0. The number of carbonyl (C=O) groups is 2. The number of benzene rings is 2. The molecule has 2 aromatic rings. The van der Waals surface area contributed by atoms with Crippen molar-refractivity contribution >= 4 is 11.9 Å². The van der Waals surface area contributed by atoms with Crippen molar-refractivity contribution < 1.29 is 29.1 Å². The van der Waals surface area contributed by atoms with Gasteiger partial charge in [-0.2, -0.15) is 0 Å². The Bertz CT molecular complexity index is 787. The van der Waals surface area contributed by atoms with Crippen LogP contribution in [0.5, 0.6) is 0 Å². The van der Waals surface area contributed by atoms with Gasteiger partial charge < -0.3 is 0 Å². The van der Waals surface area contributed by atoms with Crippen LogP contribution >= 0.6 is 0 Å². The van der Waals surface area contributed by atoms with Crippen LogP contribution in [0.25, 0.3) is 0 Å². The fourth-order valence-corrected chi connectivity index (χ4v) is 2.74. The first-order chi connectivity index (χ1) is 15.2. The van der Waals surface area contributed by atoms with Crippen molar-refractivity contribution in [3.8, 4) is 0 Å². The number of rotatable bonds is 11. The summed E-state index contributed by atoms with van der Waals surface area (Å²) in [6.45, 7) is 14.0. The highest BCUT2D eigenvalue weighted by atomic mass is 17.3. The summed E-state index contributed by atoms with van der Waals surface area (Å²) >= 11 is 0. The molecule has 0 saturated heterocycles. The molecule has 0 fully saturated rings. The Balaban J connectivity index is 1.95. The second kappa shape index (κ2) is 12.4. The first kappa shape index (κ1) is 25.6. The second-order valence-corrected chi connectivity index (χ2v) is 8.43. The molecule has 2 aromatic carbocycles. The molecule has 0 N–H and O–H groups in total. The third-order valence-corrected chi connectivity index (χ3v) is 5.05. The monoisotopic (exact) mass is 440 g/mol. The van der Waals surface area contributed by atoms with Crippen LogP contribution < -0.4 is 0 Å². The zero-order valence-electron chi connectivity index (χ0n) is 19.4. The van der Waals surface area contributed by atoms with E-state index < -0.39 is 11.9 Å². The Morgan fingerprint density at radius 3 is 1.38 bits per heavy atom. The van der Waals surface area contributed by atoms with E-state index in [2.05, 4.69) is 34.6 Å². The maximum absolute atomic E-state index is 12.3. The lowest BCUT2D eigenvalue weighted by atomic mass is 10.0. The van der Waals surface area contributed by atoms with Crippen molar-refractivity contribution in [3.05, 3.63) is 84.0 Å². The van der Waals surface area contributed by atoms with Gasteiger partial charge in [-0.05, 0) is 53.1 Å². The molecule has 6 nitrogen and oxygen atoms in total. The van der Waals surface area contributed by atoms with Crippen LogP contribution in [0.1, 0.15) is 91.1 Å². The third kappa shape index (κ3) is 7.77. The van der Waals surface area contributed by atoms with E-state index in [0.717, 1.165) is 11.1 Å². The normalized spacial score (nSPS) is 12.3. The molecule has 0 amide bonds. The van der Waals surface area contributed by atoms with E-state index in [9.17, 15) is 9.59 Å². The van der Waals surface area contributed by atoms with E-state index in [1.54, 1.807) is 24.3 Å². The number of carbonyl (C=O) groups excluding carboxylic acids is 2. The molecule has 0 aliphatic rings. The molecule has 0 spiro atoms. The molecule has 1 unspecified atom stereocenters. The highest BCUT2D eigenvalue weighted by Crippen LogP contribution is 2.22. The lowest BCUT2D eigenvalue weighted by Crippen LogP contribution is -2.18. The molecule has 2 rings (SSSR count). The largest absolute Gasteiger partial charge is 0.373 e. The Labute approximate surface area is 190 Å². The maximum Gasteiger partial charge on any atom is 0.373 e. The number of hydrogen-bond acceptors (Lipinski definition) is 6. The predicted octanol–water partition coefficient (Wildman–Crippen LogP) is 6.55. The first-order valence-electron chi connectivity index (χ1n) is 10.8. The molecule has 0 aliphatic heterocycles. The van der Waals surface area contributed by atoms with E-state index >= 15 is 0 Å². The van der Waals surface area contributed by atoms with Gasteiger partial charge in [0, 0.05) is 6.42 Å². The summed E-state index contributed by atoms with van der Waals surface area (Å²) in [5.74, 6) is -0.605. The fourth-order valence-electron chi connectivity index (χ4n) is 2.74. The van der Waals surface area contributed by atoms with Crippen LogP contribution in [0, 0.1) is 19.1 Å². The molecule has 1 atom stereocenters. The summed E-state index contributed by atoms with van der Waals surface area (Å²) in [6, 6.07) is 14.1. The summed E-state index contributed by atoms with van der Waals surface area (Å²) in [6.07, 6.45) is 0.689. The first-order valence-corrected chi connectivity index (χ1v) is 10.8. The Morgan fingerprint density at radius 1 is 0.688 bits per heavy atom. The molecule has 0 aliphatic carbocycles. The van der Waals surface area contributed by atoms with Crippen molar-refractivity contribution in [3.63, 3.8) is 0 Å². The zero-order valence-corrected chi connectivity index (χ0v) is 19.4. The smallest absolute Gasteiger partial charge is 0.289 e. The van der Waals surface area contributed by atoms with E-state index in [1.807, 2.05) is 31.2 Å². The molecular weight excluding hydrogens is 408 g/mol. The highest BCUT2D eigenvalue weighted by molar-refractivity contribution is 5.89. The van der Waals surface area contributed by atoms with Crippen molar-refractivity contribution in [1.29, 1.82) is 0 Å². The highest BCUT2D eigenvalue weighted by Gasteiger charge is 2.24. The molecule has 172 valence electrons. The van der Waals surface area contributed by atoms with Crippen LogP contribution in [0.4, 0.5) is 0 Å². The molecule has 2 radical (unpaired) electrons. The van der Waals surface area contributed by atoms with Crippen LogP contribution in [0.2, 0.25) is 0 Å². The van der Waals surface area contributed by atoms with Crippen molar-refractivity contribution in [2.45, 2.75) is 59.3 Å². The van der Waals surface area contributed by atoms with Gasteiger partial charge in [0.25, 0.3) is 0 Å². The average Bonchev–Trinajstić information content (AvgIpc) is 2.80. The summed E-state index contributed by atoms with van der Waals surface area (Å²) in [7, 11) is 0. The second-order valence-electron chi connectivity index (χ2n) is 8.43.